The Kier molecular flexibility index (Phi) is 3.48. The van der Waals surface area contributed by atoms with E-state index in [1.165, 1.54) is 0 Å². The molecule has 1 N–H and O–H groups in total. The molecule has 3 nitrogen and oxygen atoms in total. The van der Waals surface area contributed by atoms with Crippen LogP contribution in [0.2, 0.25) is 0 Å². The van der Waals surface area contributed by atoms with Crippen LogP contribution < -0.4 is 4.72 Å². The van der Waals surface area contributed by atoms with Crippen LogP contribution in [0.15, 0.2) is 0 Å². The molecule has 0 aliphatic carbocycles. The molecule has 4 heteroatoms. The molecule has 96 valence electrons. The molecule has 1 rings (SSSR count). The largest absolute Gasteiger partial charge is 0.215 e. The summed E-state index contributed by atoms with van der Waals surface area (Å²) in [5.41, 5.74) is -0.183. The summed E-state index contributed by atoms with van der Waals surface area (Å²) in [5, 5.41) is -0.297. The second kappa shape index (κ2) is 3.98. The summed E-state index contributed by atoms with van der Waals surface area (Å²) >= 11 is 0. The van der Waals surface area contributed by atoms with Gasteiger partial charge in [-0.15, -0.1) is 0 Å². The van der Waals surface area contributed by atoms with Crippen molar-refractivity contribution >= 4 is 10.0 Å². The first-order valence-electron chi connectivity index (χ1n) is 5.95. The highest BCUT2D eigenvalue weighted by molar-refractivity contribution is 7.90. The van der Waals surface area contributed by atoms with E-state index in [-0.39, 0.29) is 22.0 Å². The lowest BCUT2D eigenvalue weighted by molar-refractivity contribution is 0.151. The van der Waals surface area contributed by atoms with Crippen molar-refractivity contribution in [2.75, 3.05) is 6.54 Å². The van der Waals surface area contributed by atoms with Crippen LogP contribution in [-0.2, 0) is 10.0 Å². The van der Waals surface area contributed by atoms with Gasteiger partial charge in [0.25, 0.3) is 0 Å². The normalized spacial score (nSPS) is 31.4. The van der Waals surface area contributed by atoms with Gasteiger partial charge in [-0.05, 0) is 23.2 Å². The van der Waals surface area contributed by atoms with Crippen LogP contribution in [0.5, 0.6) is 0 Å². The summed E-state index contributed by atoms with van der Waals surface area (Å²) < 4.78 is 27.0. The Morgan fingerprint density at radius 1 is 1.00 bits per heavy atom. The van der Waals surface area contributed by atoms with Gasteiger partial charge in [0.1, 0.15) is 0 Å². The molecule has 1 heterocycles. The Balaban J connectivity index is 3.19. The minimum Gasteiger partial charge on any atom is -0.215 e. The van der Waals surface area contributed by atoms with Gasteiger partial charge in [-0.25, -0.2) is 13.1 Å². The third-order valence-electron chi connectivity index (χ3n) is 3.42. The number of nitrogens with one attached hydrogen (secondary N) is 1. The molecule has 0 aromatic rings. The summed E-state index contributed by atoms with van der Waals surface area (Å²) in [6.07, 6.45) is 0.935. The van der Waals surface area contributed by atoms with Crippen molar-refractivity contribution in [3.63, 3.8) is 0 Å². The zero-order chi connectivity index (χ0) is 12.8. The molecule has 2 atom stereocenters. The molecule has 1 saturated heterocycles. The molecule has 0 radical (unpaired) electrons. The van der Waals surface area contributed by atoms with Crippen molar-refractivity contribution in [3.8, 4) is 0 Å². The van der Waals surface area contributed by atoms with Crippen LogP contribution in [0.1, 0.15) is 48.0 Å². The lowest BCUT2D eigenvalue weighted by atomic mass is 9.70. The standard InChI is InChI=1S/C12H25NO2S/c1-11(2,3)9-7-8-13-16(14,15)10(9)12(4,5)6/h9-10,13H,7-8H2,1-6H3. The van der Waals surface area contributed by atoms with Crippen molar-refractivity contribution in [3.05, 3.63) is 0 Å². The fourth-order valence-corrected chi connectivity index (χ4v) is 5.26. The molecular formula is C12H25NO2S. The summed E-state index contributed by atoms with van der Waals surface area (Å²) in [5.74, 6) is 0.221. The van der Waals surface area contributed by atoms with Crippen LogP contribution in [0.25, 0.3) is 0 Å². The molecule has 0 aromatic heterocycles. The van der Waals surface area contributed by atoms with Crippen molar-refractivity contribution in [1.29, 1.82) is 0 Å². The van der Waals surface area contributed by atoms with E-state index in [1.54, 1.807) is 0 Å². The maximum atomic E-state index is 12.2. The average molecular weight is 247 g/mol. The molecule has 16 heavy (non-hydrogen) atoms. The molecule has 1 fully saturated rings. The van der Waals surface area contributed by atoms with Crippen molar-refractivity contribution in [2.45, 2.75) is 53.2 Å². The van der Waals surface area contributed by atoms with E-state index in [4.69, 9.17) is 0 Å². The number of sulfonamides is 1. The minimum atomic E-state index is -3.16. The Hall–Kier alpha value is -0.0900. The van der Waals surface area contributed by atoms with Gasteiger partial charge >= 0.3 is 0 Å². The van der Waals surface area contributed by atoms with Gasteiger partial charge in [-0.2, -0.15) is 0 Å². The van der Waals surface area contributed by atoms with Gasteiger partial charge in [0.15, 0.2) is 0 Å². The monoisotopic (exact) mass is 247 g/mol. The van der Waals surface area contributed by atoms with Crippen LogP contribution in [0, 0.1) is 16.7 Å². The fourth-order valence-electron chi connectivity index (χ4n) is 2.77. The molecule has 0 amide bonds. The molecule has 2 unspecified atom stereocenters. The van der Waals surface area contributed by atoms with Gasteiger partial charge < -0.3 is 0 Å². The average Bonchev–Trinajstić information content (AvgIpc) is 1.97. The van der Waals surface area contributed by atoms with Gasteiger partial charge in [0, 0.05) is 6.54 Å². The second-order valence-corrected chi connectivity index (χ2v) is 8.87. The zero-order valence-corrected chi connectivity index (χ0v) is 12.1. The van der Waals surface area contributed by atoms with Crippen molar-refractivity contribution in [1.82, 2.24) is 4.72 Å². The van der Waals surface area contributed by atoms with Crippen molar-refractivity contribution in [2.24, 2.45) is 16.7 Å². The highest BCUT2D eigenvalue weighted by atomic mass is 32.2. The summed E-state index contributed by atoms with van der Waals surface area (Å²) in [7, 11) is -3.16. The Bertz CT molecular complexity index is 346. The topological polar surface area (TPSA) is 46.2 Å². The minimum absolute atomic E-state index is 0.0348. The fraction of sp³-hybridized carbons (Fsp3) is 1.00. The van der Waals surface area contributed by atoms with E-state index in [0.717, 1.165) is 6.42 Å². The van der Waals surface area contributed by atoms with Gasteiger partial charge in [-0.1, -0.05) is 41.5 Å². The van der Waals surface area contributed by atoms with E-state index in [0.29, 0.717) is 6.54 Å². The molecule has 0 spiro atoms. The van der Waals surface area contributed by atoms with Crippen LogP contribution in [0.4, 0.5) is 0 Å². The van der Waals surface area contributed by atoms with Gasteiger partial charge in [-0.3, -0.25) is 0 Å². The summed E-state index contributed by atoms with van der Waals surface area (Å²) in [6.45, 7) is 13.0. The van der Waals surface area contributed by atoms with E-state index < -0.39 is 10.0 Å². The predicted molar refractivity (Wildman–Crippen MR) is 67.7 cm³/mol. The maximum Gasteiger partial charge on any atom is 0.215 e. The number of hydrogen-bond donors (Lipinski definition) is 1. The number of hydrogen-bond acceptors (Lipinski definition) is 2. The molecule has 0 bridgehead atoms. The van der Waals surface area contributed by atoms with E-state index in [2.05, 4.69) is 25.5 Å². The first kappa shape index (κ1) is 14.0. The van der Waals surface area contributed by atoms with Gasteiger partial charge in [0.2, 0.25) is 10.0 Å². The second-order valence-electron chi connectivity index (χ2n) is 6.99. The molecule has 0 saturated carbocycles. The molecule has 1 aliphatic heterocycles. The highest BCUT2D eigenvalue weighted by Gasteiger charge is 2.48. The molecular weight excluding hydrogens is 222 g/mol. The first-order valence-corrected chi connectivity index (χ1v) is 7.49. The summed E-state index contributed by atoms with van der Waals surface area (Å²) in [4.78, 5) is 0. The highest BCUT2D eigenvalue weighted by Crippen LogP contribution is 2.43. The quantitative estimate of drug-likeness (QED) is 0.714. The van der Waals surface area contributed by atoms with E-state index >= 15 is 0 Å². The smallest absolute Gasteiger partial charge is 0.215 e. The number of rotatable bonds is 0. The first-order chi connectivity index (χ1) is 6.96. The van der Waals surface area contributed by atoms with Gasteiger partial charge in [0.05, 0.1) is 5.25 Å². The van der Waals surface area contributed by atoms with E-state index in [9.17, 15) is 8.42 Å². The maximum absolute atomic E-state index is 12.2. The SMILES string of the molecule is CC(C)(C)C1CCNS(=O)(=O)C1C(C)(C)C. The lowest BCUT2D eigenvalue weighted by Gasteiger charge is -2.45. The van der Waals surface area contributed by atoms with Crippen LogP contribution in [0.3, 0.4) is 0 Å². The third-order valence-corrected chi connectivity index (χ3v) is 5.74. The van der Waals surface area contributed by atoms with E-state index in [1.807, 2.05) is 20.8 Å². The third kappa shape index (κ3) is 2.77. The zero-order valence-electron chi connectivity index (χ0n) is 11.3. The molecule has 0 aromatic carbocycles. The molecule has 1 aliphatic rings. The Morgan fingerprint density at radius 3 is 1.81 bits per heavy atom. The van der Waals surface area contributed by atoms with Crippen LogP contribution >= 0.6 is 0 Å². The predicted octanol–water partition coefficient (Wildman–Crippen LogP) is 2.39. The van der Waals surface area contributed by atoms with Crippen molar-refractivity contribution < 1.29 is 8.42 Å². The van der Waals surface area contributed by atoms with Crippen LogP contribution in [-0.4, -0.2) is 20.2 Å². The Labute approximate surface area is 100 Å². The summed E-state index contributed by atoms with van der Waals surface area (Å²) in [6, 6.07) is 0. The lowest BCUT2D eigenvalue weighted by Crippen LogP contribution is -2.54. The Morgan fingerprint density at radius 2 is 1.50 bits per heavy atom.